The molecule has 4 saturated heterocycles. The molecule has 0 spiro atoms. The molecule has 0 N–H and O–H groups in total. The van der Waals surface area contributed by atoms with Crippen LogP contribution in [0.5, 0.6) is 0 Å². The van der Waals surface area contributed by atoms with Crippen molar-refractivity contribution >= 4 is 95.3 Å². The molecule has 93 heavy (non-hydrogen) atoms. The van der Waals surface area contributed by atoms with Crippen molar-refractivity contribution < 1.29 is 171 Å². The van der Waals surface area contributed by atoms with Crippen LogP contribution in [0.1, 0.15) is 96.4 Å². The first kappa shape index (κ1) is 78.1. The normalized spacial score (nSPS) is 30.6. The second-order valence-corrected chi connectivity index (χ2v) is 21.9. The lowest BCUT2D eigenvalue weighted by Gasteiger charge is -2.50. The third-order valence-electron chi connectivity index (χ3n) is 12.9. The molecule has 20 atom stereocenters. The zero-order valence-electron chi connectivity index (χ0n) is 53.3. The Morgan fingerprint density at radius 2 is 0.548 bits per heavy atom. The summed E-state index contributed by atoms with van der Waals surface area (Å²) < 4.78 is 128. The zero-order chi connectivity index (χ0) is 69.6. The Bertz CT molecular complexity index is 2650. The molecule has 4 aliphatic rings. The molecule has 37 heteroatoms. The smallest absolute Gasteiger partial charge is 0.306 e. The predicted octanol–water partition coefficient (Wildman–Crippen LogP) is -1.01. The Labute approximate surface area is 536 Å². The Balaban J connectivity index is 1.93. The minimum atomic E-state index is -2.23. The van der Waals surface area contributed by atoms with Gasteiger partial charge in [-0.3, -0.25) is 67.1 Å². The number of ether oxygens (including phenoxy) is 22. The van der Waals surface area contributed by atoms with Crippen molar-refractivity contribution in [2.24, 2.45) is 0 Å². The largest absolute Gasteiger partial charge is 0.469 e. The van der Waals surface area contributed by atoms with Crippen LogP contribution in [0.25, 0.3) is 0 Å². The molecule has 524 valence electrons. The van der Waals surface area contributed by atoms with Crippen LogP contribution >= 0.6 is 11.8 Å². The summed E-state index contributed by atoms with van der Waals surface area (Å²) >= 11 is 1.27. The van der Waals surface area contributed by atoms with Gasteiger partial charge in [-0.2, -0.15) is 11.8 Å². The molecule has 4 heterocycles. The summed E-state index contributed by atoms with van der Waals surface area (Å²) in [5, 5.41) is 0. The van der Waals surface area contributed by atoms with Gasteiger partial charge in [0, 0.05) is 102 Å². The van der Waals surface area contributed by atoms with Gasteiger partial charge in [0.15, 0.2) is 86.2 Å². The maximum atomic E-state index is 13.4. The van der Waals surface area contributed by atoms with E-state index >= 15 is 0 Å². The van der Waals surface area contributed by atoms with Gasteiger partial charge in [0.05, 0.1) is 26.7 Å². The van der Waals surface area contributed by atoms with Crippen LogP contribution in [0.2, 0.25) is 0 Å². The van der Waals surface area contributed by atoms with E-state index in [0.29, 0.717) is 5.75 Å². The molecular weight excluding hydrogens is 1280 g/mol. The molecule has 0 radical (unpaired) electrons. The Morgan fingerprint density at radius 1 is 0.290 bits per heavy atom. The summed E-state index contributed by atoms with van der Waals surface area (Å²) in [4.78, 5) is 179. The molecule has 0 aromatic rings. The second kappa shape index (κ2) is 37.5. The van der Waals surface area contributed by atoms with Gasteiger partial charge in [-0.25, -0.2) is 0 Å². The minimum absolute atomic E-state index is 0.0563. The van der Waals surface area contributed by atoms with E-state index in [0.717, 1.165) is 90.0 Å². The standard InChI is InChI=1S/C56H78O36S/c1-23(57)73-19-36-41(77-26(4)60)45(79-28(6)62)50(84-33(11)67)54(88-36)76-22-39-42(78-27(5)61)46(80-29(7)63)51(85-34(12)68)55(90-39)92-44-38(21-75-25(3)59)89-56(52(86-35(13)69)48(44)82-31(9)65)91-43-37(20-74-24(2)58)87-53(72-16-18-93-17-15-40(70)71-14)49(83-32(10)66)47(43)81-30(8)64/h36-39,41-56H,15-22H2,1-14H3/t36-,37-,38-,39-,41-,42-,43-,44-,45+,46+,47+,48+,49-,50-,51-,52-,53+,54-,55+,56+/m1/s1. The van der Waals surface area contributed by atoms with Gasteiger partial charge in [0.1, 0.15) is 56.4 Å². The van der Waals surface area contributed by atoms with E-state index in [4.69, 9.17) is 99.5 Å². The molecule has 4 rings (SSSR count). The van der Waals surface area contributed by atoms with Crippen LogP contribution in [0.4, 0.5) is 0 Å². The highest BCUT2D eigenvalue weighted by Gasteiger charge is 2.61. The fraction of sp³-hybridized carbons (Fsp3) is 0.750. The monoisotopic (exact) mass is 1360 g/mol. The lowest BCUT2D eigenvalue weighted by molar-refractivity contribution is -0.382. The van der Waals surface area contributed by atoms with Crippen LogP contribution in [-0.2, 0) is 171 Å². The number of thioether (sulfide) groups is 1. The van der Waals surface area contributed by atoms with Crippen LogP contribution in [0.3, 0.4) is 0 Å². The fourth-order valence-corrected chi connectivity index (χ4v) is 10.5. The molecule has 0 amide bonds. The highest BCUT2D eigenvalue weighted by Crippen LogP contribution is 2.39. The minimum Gasteiger partial charge on any atom is -0.469 e. The Hall–Kier alpha value is -7.39. The number of rotatable bonds is 30. The van der Waals surface area contributed by atoms with E-state index in [-0.39, 0.29) is 18.8 Å². The maximum absolute atomic E-state index is 13.4. The van der Waals surface area contributed by atoms with Gasteiger partial charge in [-0.1, -0.05) is 0 Å². The maximum Gasteiger partial charge on any atom is 0.306 e. The van der Waals surface area contributed by atoms with Gasteiger partial charge in [0.25, 0.3) is 0 Å². The van der Waals surface area contributed by atoms with Gasteiger partial charge in [-0.15, -0.1) is 0 Å². The summed E-state index contributed by atoms with van der Waals surface area (Å²) in [5.74, 6) is -13.2. The quantitative estimate of drug-likeness (QED) is 0.0472. The summed E-state index contributed by atoms with van der Waals surface area (Å²) in [6, 6.07) is 0. The van der Waals surface area contributed by atoms with Crippen LogP contribution in [-0.4, -0.2) is 258 Å². The van der Waals surface area contributed by atoms with Crippen molar-refractivity contribution in [1.29, 1.82) is 0 Å². The molecule has 0 saturated carbocycles. The molecular formula is C56H78O36S. The third kappa shape index (κ3) is 25.1. The van der Waals surface area contributed by atoms with Crippen molar-refractivity contribution in [3.63, 3.8) is 0 Å². The van der Waals surface area contributed by atoms with E-state index < -0.39 is 233 Å². The second-order valence-electron chi connectivity index (χ2n) is 20.7. The first-order valence-corrected chi connectivity index (χ1v) is 29.8. The lowest BCUT2D eigenvalue weighted by Crippen LogP contribution is -2.69. The van der Waals surface area contributed by atoms with Gasteiger partial charge < -0.3 is 104 Å². The average Bonchev–Trinajstić information content (AvgIpc) is 0.802. The fourth-order valence-electron chi connectivity index (χ4n) is 9.79. The van der Waals surface area contributed by atoms with Crippen molar-refractivity contribution in [2.75, 3.05) is 51.6 Å². The molecule has 0 aliphatic carbocycles. The number of carbonyl (C=O) groups is 14. The molecule has 4 fully saturated rings. The van der Waals surface area contributed by atoms with Crippen LogP contribution in [0, 0.1) is 0 Å². The van der Waals surface area contributed by atoms with E-state index in [2.05, 4.69) is 4.74 Å². The molecule has 36 nitrogen and oxygen atoms in total. The molecule has 4 aliphatic heterocycles. The van der Waals surface area contributed by atoms with Crippen molar-refractivity contribution in [2.45, 2.75) is 219 Å². The van der Waals surface area contributed by atoms with E-state index in [1.165, 1.54) is 18.9 Å². The molecule has 0 aromatic carbocycles. The molecule has 0 unspecified atom stereocenters. The van der Waals surface area contributed by atoms with E-state index in [1.807, 2.05) is 0 Å². The number of hydrogen-bond acceptors (Lipinski definition) is 37. The van der Waals surface area contributed by atoms with E-state index in [9.17, 15) is 67.1 Å². The van der Waals surface area contributed by atoms with Crippen molar-refractivity contribution in [3.05, 3.63) is 0 Å². The SMILES string of the molecule is COC(=O)CCSCCO[C@H]1O[C@H](COC(C)=O)[C@@H](O[C@@H]2O[C@H](COC(C)=O)[C@@H](O[C@@H]3O[C@H](CO[C@@H]4O[C@H](COC(C)=O)[C@@H](OC(C)=O)[C@H](OC(C)=O)[C@H]4OC(C)=O)[C@@H](OC(C)=O)[C@H](OC(C)=O)[C@H]3OC(C)=O)[C@H](OC(C)=O)[C@H]2OC(C)=O)[C@H](OC(C)=O)[C@H]1OC(C)=O. The predicted molar refractivity (Wildman–Crippen MR) is 296 cm³/mol. The molecule has 0 bridgehead atoms. The number of esters is 14. The summed E-state index contributed by atoms with van der Waals surface area (Å²) in [6.45, 7) is 9.00. The van der Waals surface area contributed by atoms with Gasteiger partial charge in [0.2, 0.25) is 0 Å². The Kier molecular flexibility index (Phi) is 31.5. The lowest BCUT2D eigenvalue weighted by atomic mass is 9.95. The average molecular weight is 1360 g/mol. The summed E-state index contributed by atoms with van der Waals surface area (Å²) in [5.41, 5.74) is 0. The highest BCUT2D eigenvalue weighted by molar-refractivity contribution is 7.99. The van der Waals surface area contributed by atoms with Gasteiger partial charge in [-0.05, 0) is 0 Å². The first-order valence-electron chi connectivity index (χ1n) is 28.6. The van der Waals surface area contributed by atoms with E-state index in [1.54, 1.807) is 0 Å². The first-order chi connectivity index (χ1) is 43.7. The third-order valence-corrected chi connectivity index (χ3v) is 13.9. The molecule has 0 aromatic heterocycles. The zero-order valence-corrected chi connectivity index (χ0v) is 54.1. The number of hydrogen-bond donors (Lipinski definition) is 0. The number of carbonyl (C=O) groups excluding carboxylic acids is 14. The van der Waals surface area contributed by atoms with Crippen molar-refractivity contribution in [3.8, 4) is 0 Å². The van der Waals surface area contributed by atoms with Crippen molar-refractivity contribution in [1.82, 2.24) is 0 Å². The summed E-state index contributed by atoms with van der Waals surface area (Å²) in [6.07, 6.45) is -37.7. The topological polar surface area (TPSA) is 442 Å². The van der Waals surface area contributed by atoms with Gasteiger partial charge >= 0.3 is 83.6 Å². The Morgan fingerprint density at radius 3 is 0.860 bits per heavy atom. The number of methoxy groups -OCH3 is 1. The van der Waals surface area contributed by atoms with Crippen LogP contribution in [0.15, 0.2) is 0 Å². The van der Waals surface area contributed by atoms with Crippen LogP contribution < -0.4 is 0 Å². The highest BCUT2D eigenvalue weighted by atomic mass is 32.2. The summed E-state index contributed by atoms with van der Waals surface area (Å²) in [7, 11) is 1.23.